The van der Waals surface area contributed by atoms with Gasteiger partial charge in [-0.2, -0.15) is 13.2 Å². The van der Waals surface area contributed by atoms with Gasteiger partial charge in [-0.3, -0.25) is 4.79 Å². The molecule has 11 heteroatoms. The highest BCUT2D eigenvalue weighted by Gasteiger charge is 2.63. The van der Waals surface area contributed by atoms with Crippen LogP contribution in [0.15, 0.2) is 0 Å². The Morgan fingerprint density at radius 2 is 1.68 bits per heavy atom. The summed E-state index contributed by atoms with van der Waals surface area (Å²) in [5, 5.41) is 3.48. The quantitative estimate of drug-likeness (QED) is 0.431. The molecular weight excluding hydrogens is 401 g/mol. The van der Waals surface area contributed by atoms with Crippen LogP contribution in [0, 0.1) is 0 Å². The highest BCUT2D eigenvalue weighted by Crippen LogP contribution is 2.41. The Balaban J connectivity index is 2.65. The largest absolute Gasteiger partial charge is 0.466 e. The second-order valence-electron chi connectivity index (χ2n) is 6.31. The lowest BCUT2D eigenvalue weighted by Gasteiger charge is -2.34. The van der Waals surface area contributed by atoms with Gasteiger partial charge in [-0.1, -0.05) is 6.42 Å². The van der Waals surface area contributed by atoms with Crippen molar-refractivity contribution < 1.29 is 37.0 Å². The third-order valence-electron chi connectivity index (χ3n) is 4.39. The minimum Gasteiger partial charge on any atom is -0.466 e. The summed E-state index contributed by atoms with van der Waals surface area (Å²) in [6.45, 7) is 0.843. The number of hydrogen-bond donors (Lipinski definition) is 2. The number of ether oxygens (including phenoxy) is 2. The van der Waals surface area contributed by atoms with E-state index in [-0.39, 0.29) is 10.6 Å². The number of rotatable bonds is 5. The summed E-state index contributed by atoms with van der Waals surface area (Å²) in [4.78, 5) is 36.7. The third kappa shape index (κ3) is 4.08. The highest BCUT2D eigenvalue weighted by atomic mass is 32.1. The Labute approximate surface area is 163 Å². The molecule has 1 aromatic rings. The van der Waals surface area contributed by atoms with Gasteiger partial charge in [-0.05, 0) is 31.2 Å². The summed E-state index contributed by atoms with van der Waals surface area (Å²) in [6, 6.07) is 0. The van der Waals surface area contributed by atoms with Crippen molar-refractivity contribution in [3.05, 3.63) is 16.0 Å². The number of thiophene rings is 1. The first kappa shape index (κ1) is 22.0. The van der Waals surface area contributed by atoms with Crippen molar-refractivity contribution in [3.63, 3.8) is 0 Å². The maximum atomic E-state index is 13.9. The molecule has 2 N–H and O–H groups in total. The van der Waals surface area contributed by atoms with E-state index in [1.165, 1.54) is 0 Å². The van der Waals surface area contributed by atoms with Crippen LogP contribution in [0.1, 0.15) is 47.0 Å². The number of amides is 1. The maximum absolute atomic E-state index is 13.9. The number of aryl methyl sites for hydroxylation is 1. The lowest BCUT2D eigenvalue weighted by atomic mass is 10.0. The smallest absolute Gasteiger partial charge is 0.441 e. The van der Waals surface area contributed by atoms with Crippen LogP contribution in [0.25, 0.3) is 0 Å². The standard InChI is InChI=1S/C17H21F3N2O5S/c1-9(23)21-16(15(25)27-3,17(18,19)20)22-13-12(14(24)26-2)10-7-5-4-6-8-11(10)28-13/h22H,4-8H2,1-3H3,(H,21,23)/t16-/m0/s1. The van der Waals surface area contributed by atoms with Gasteiger partial charge in [-0.25, -0.2) is 9.59 Å². The molecule has 2 rings (SSSR count). The molecule has 0 aromatic carbocycles. The average molecular weight is 422 g/mol. The first-order chi connectivity index (χ1) is 13.1. The van der Waals surface area contributed by atoms with Gasteiger partial charge in [0.2, 0.25) is 5.91 Å². The molecule has 0 radical (unpaired) electrons. The van der Waals surface area contributed by atoms with E-state index in [4.69, 9.17) is 4.74 Å². The zero-order valence-corrected chi connectivity index (χ0v) is 16.4. The van der Waals surface area contributed by atoms with E-state index in [0.717, 1.165) is 56.6 Å². The van der Waals surface area contributed by atoms with E-state index in [1.807, 2.05) is 0 Å². The number of halogens is 3. The Morgan fingerprint density at radius 3 is 2.21 bits per heavy atom. The van der Waals surface area contributed by atoms with E-state index >= 15 is 0 Å². The molecule has 0 bridgehead atoms. The van der Waals surface area contributed by atoms with Crippen LogP contribution in [0.4, 0.5) is 18.2 Å². The summed E-state index contributed by atoms with van der Waals surface area (Å²) in [6.07, 6.45) is -1.59. The number of carbonyl (C=O) groups is 3. The van der Waals surface area contributed by atoms with Crippen LogP contribution >= 0.6 is 11.3 Å². The van der Waals surface area contributed by atoms with Gasteiger partial charge in [0.25, 0.3) is 0 Å². The van der Waals surface area contributed by atoms with E-state index in [9.17, 15) is 27.6 Å². The molecule has 0 fully saturated rings. The van der Waals surface area contributed by atoms with Gasteiger partial charge >= 0.3 is 23.8 Å². The molecule has 0 spiro atoms. The van der Waals surface area contributed by atoms with Gasteiger partial charge in [0.15, 0.2) is 0 Å². The second kappa shape index (κ2) is 8.38. The van der Waals surface area contributed by atoms with Crippen LogP contribution < -0.4 is 10.6 Å². The average Bonchev–Trinajstić information content (AvgIpc) is 2.79. The molecule has 1 heterocycles. The van der Waals surface area contributed by atoms with Crippen LogP contribution in [0.2, 0.25) is 0 Å². The summed E-state index contributed by atoms with van der Waals surface area (Å²) in [7, 11) is 1.90. The van der Waals surface area contributed by atoms with E-state index in [2.05, 4.69) is 10.1 Å². The van der Waals surface area contributed by atoms with Gasteiger partial charge < -0.3 is 20.1 Å². The molecule has 0 saturated carbocycles. The van der Waals surface area contributed by atoms with Gasteiger partial charge in [0.05, 0.1) is 19.8 Å². The summed E-state index contributed by atoms with van der Waals surface area (Å²) < 4.78 is 50.9. The first-order valence-corrected chi connectivity index (χ1v) is 9.34. The molecule has 28 heavy (non-hydrogen) atoms. The van der Waals surface area contributed by atoms with Gasteiger partial charge in [-0.15, -0.1) is 11.3 Å². The van der Waals surface area contributed by atoms with Crippen LogP contribution in [-0.2, 0) is 31.9 Å². The lowest BCUT2D eigenvalue weighted by molar-refractivity contribution is -0.206. The number of hydrogen-bond acceptors (Lipinski definition) is 7. The predicted molar refractivity (Wildman–Crippen MR) is 95.2 cm³/mol. The van der Waals surface area contributed by atoms with Crippen molar-refractivity contribution in [2.75, 3.05) is 19.5 Å². The molecule has 1 atom stereocenters. The highest BCUT2D eigenvalue weighted by molar-refractivity contribution is 7.16. The molecule has 0 unspecified atom stereocenters. The number of esters is 2. The van der Waals surface area contributed by atoms with Crippen LogP contribution in [-0.4, -0.2) is 43.9 Å². The molecule has 0 saturated heterocycles. The van der Waals surface area contributed by atoms with E-state index < -0.39 is 29.7 Å². The van der Waals surface area contributed by atoms with Crippen molar-refractivity contribution >= 4 is 34.2 Å². The molecule has 1 aliphatic rings. The Kier molecular flexibility index (Phi) is 6.58. The van der Waals surface area contributed by atoms with Gasteiger partial charge in [0, 0.05) is 11.8 Å². The molecule has 156 valence electrons. The first-order valence-electron chi connectivity index (χ1n) is 8.52. The van der Waals surface area contributed by atoms with Crippen molar-refractivity contribution in [1.82, 2.24) is 5.32 Å². The van der Waals surface area contributed by atoms with Crippen molar-refractivity contribution in [2.24, 2.45) is 0 Å². The van der Waals surface area contributed by atoms with E-state index in [1.54, 1.807) is 5.32 Å². The fraction of sp³-hybridized carbons (Fsp3) is 0.588. The normalized spacial score (nSPS) is 16.2. The topological polar surface area (TPSA) is 93.7 Å². The number of carbonyl (C=O) groups excluding carboxylic acids is 3. The monoisotopic (exact) mass is 422 g/mol. The molecule has 7 nitrogen and oxygen atoms in total. The van der Waals surface area contributed by atoms with E-state index in [0.29, 0.717) is 18.4 Å². The molecule has 0 aliphatic heterocycles. The fourth-order valence-corrected chi connectivity index (χ4v) is 4.46. The number of anilines is 1. The fourth-order valence-electron chi connectivity index (χ4n) is 3.13. The maximum Gasteiger partial charge on any atom is 0.441 e. The van der Waals surface area contributed by atoms with Crippen molar-refractivity contribution in [3.8, 4) is 0 Å². The van der Waals surface area contributed by atoms with Crippen LogP contribution in [0.3, 0.4) is 0 Å². The zero-order chi connectivity index (χ0) is 21.1. The third-order valence-corrected chi connectivity index (χ3v) is 5.60. The SMILES string of the molecule is COC(=O)c1c(N[C@@](NC(C)=O)(C(=O)OC)C(F)(F)F)sc2c1CCCCC2. The Hall–Kier alpha value is -2.30. The minimum absolute atomic E-state index is 0.0488. The van der Waals surface area contributed by atoms with Gasteiger partial charge in [0.1, 0.15) is 5.00 Å². The Bertz CT molecular complexity index is 778. The second-order valence-corrected chi connectivity index (χ2v) is 7.41. The summed E-state index contributed by atoms with van der Waals surface area (Å²) in [5.41, 5.74) is -2.98. The van der Waals surface area contributed by atoms with Crippen molar-refractivity contribution in [1.29, 1.82) is 0 Å². The van der Waals surface area contributed by atoms with Crippen molar-refractivity contribution in [2.45, 2.75) is 50.9 Å². The van der Waals surface area contributed by atoms with Crippen LogP contribution in [0.5, 0.6) is 0 Å². The minimum atomic E-state index is -5.25. The number of nitrogens with one attached hydrogen (secondary N) is 2. The predicted octanol–water partition coefficient (Wildman–Crippen LogP) is 2.78. The Morgan fingerprint density at radius 1 is 1.04 bits per heavy atom. The lowest BCUT2D eigenvalue weighted by Crippen LogP contribution is -2.69. The molecular formula is C17H21F3N2O5S. The molecule has 1 amide bonds. The number of alkyl halides is 3. The molecule has 1 aromatic heterocycles. The number of methoxy groups -OCH3 is 2. The number of fused-ring (bicyclic) bond motifs is 1. The molecule has 1 aliphatic carbocycles. The zero-order valence-electron chi connectivity index (χ0n) is 15.6. The summed E-state index contributed by atoms with van der Waals surface area (Å²) >= 11 is 0.946. The summed E-state index contributed by atoms with van der Waals surface area (Å²) in [5.74, 6) is -3.67.